The molecular weight excluding hydrogens is 492 g/mol. The van der Waals surface area contributed by atoms with Gasteiger partial charge in [0, 0.05) is 22.7 Å². The van der Waals surface area contributed by atoms with Gasteiger partial charge in [-0.3, -0.25) is 19.2 Å². The number of benzene rings is 3. The summed E-state index contributed by atoms with van der Waals surface area (Å²) in [5, 5.41) is 15.3. The van der Waals surface area contributed by atoms with Gasteiger partial charge in [-0.1, -0.05) is 47.5 Å². The van der Waals surface area contributed by atoms with Crippen LogP contribution in [-0.4, -0.2) is 31.5 Å². The summed E-state index contributed by atoms with van der Waals surface area (Å²) < 4.78 is 28.0. The Morgan fingerprint density at radius 1 is 1.09 bits per heavy atom. The first-order valence-corrected chi connectivity index (χ1v) is 12.2. The average Bonchev–Trinajstić information content (AvgIpc) is 2.83. The standard InChI is InChI=1S/C24H23ClN4O5S/c1-16-7-11-22(12-8-16)35(33,34)28(23-14-20(25)10-9-17(23)2)15-24(30)27-26-18(3)19-5-4-6-21(13-19)29(31)32/h4-14H,15H2,1-3H3,(H,27,30). The van der Waals surface area contributed by atoms with Crippen molar-refractivity contribution in [1.82, 2.24) is 5.43 Å². The van der Waals surface area contributed by atoms with Crippen molar-refractivity contribution in [3.63, 3.8) is 0 Å². The smallest absolute Gasteiger partial charge is 0.270 e. The van der Waals surface area contributed by atoms with E-state index in [1.807, 2.05) is 6.92 Å². The molecule has 0 fully saturated rings. The summed E-state index contributed by atoms with van der Waals surface area (Å²) in [4.78, 5) is 23.3. The third kappa shape index (κ3) is 6.23. The molecule has 3 aromatic carbocycles. The number of carbonyl (C=O) groups is 1. The molecule has 182 valence electrons. The van der Waals surface area contributed by atoms with Crippen LogP contribution in [0.1, 0.15) is 23.6 Å². The number of nitrogens with zero attached hydrogens (tertiary/aromatic N) is 3. The van der Waals surface area contributed by atoms with Crippen molar-refractivity contribution < 1.29 is 18.1 Å². The molecule has 0 aliphatic heterocycles. The monoisotopic (exact) mass is 514 g/mol. The van der Waals surface area contributed by atoms with Crippen molar-refractivity contribution in [1.29, 1.82) is 0 Å². The van der Waals surface area contributed by atoms with Crippen LogP contribution in [0.2, 0.25) is 5.02 Å². The Hall–Kier alpha value is -3.76. The van der Waals surface area contributed by atoms with Gasteiger partial charge in [-0.05, 0) is 50.6 Å². The number of amides is 1. The number of nitro groups is 1. The molecule has 1 amide bonds. The van der Waals surface area contributed by atoms with E-state index in [1.165, 1.54) is 36.4 Å². The summed E-state index contributed by atoms with van der Waals surface area (Å²) in [6, 6.07) is 16.8. The fourth-order valence-electron chi connectivity index (χ4n) is 3.21. The van der Waals surface area contributed by atoms with Gasteiger partial charge >= 0.3 is 0 Å². The molecule has 9 nitrogen and oxygen atoms in total. The second kappa shape index (κ2) is 10.7. The SMILES string of the molecule is CC(=NNC(=O)CN(c1cc(Cl)ccc1C)S(=O)(=O)c1ccc(C)cc1)c1cccc([N+](=O)[O-])c1. The normalized spacial score (nSPS) is 11.7. The average molecular weight is 515 g/mol. The molecule has 3 aromatic rings. The van der Waals surface area contributed by atoms with Crippen LogP contribution in [0, 0.1) is 24.0 Å². The van der Waals surface area contributed by atoms with Gasteiger partial charge in [0.25, 0.3) is 21.6 Å². The third-order valence-electron chi connectivity index (χ3n) is 5.16. The lowest BCUT2D eigenvalue weighted by Crippen LogP contribution is -2.40. The maximum atomic E-state index is 13.5. The van der Waals surface area contributed by atoms with Gasteiger partial charge in [-0.25, -0.2) is 13.8 Å². The highest BCUT2D eigenvalue weighted by molar-refractivity contribution is 7.92. The topological polar surface area (TPSA) is 122 Å². The van der Waals surface area contributed by atoms with E-state index in [2.05, 4.69) is 10.5 Å². The predicted octanol–water partition coefficient (Wildman–Crippen LogP) is 4.60. The van der Waals surface area contributed by atoms with Gasteiger partial charge < -0.3 is 0 Å². The van der Waals surface area contributed by atoms with Crippen LogP contribution in [0.25, 0.3) is 0 Å². The number of aryl methyl sites for hydroxylation is 2. The highest BCUT2D eigenvalue weighted by atomic mass is 35.5. The maximum Gasteiger partial charge on any atom is 0.270 e. The molecule has 0 aromatic heterocycles. The molecule has 0 spiro atoms. The van der Waals surface area contributed by atoms with E-state index in [9.17, 15) is 23.3 Å². The second-order valence-electron chi connectivity index (χ2n) is 7.80. The first-order valence-electron chi connectivity index (χ1n) is 10.4. The summed E-state index contributed by atoms with van der Waals surface area (Å²) in [5.41, 5.74) is 4.72. The fraction of sp³-hybridized carbons (Fsp3) is 0.167. The number of rotatable bonds is 8. The summed E-state index contributed by atoms with van der Waals surface area (Å²) in [6.45, 7) is 4.56. The van der Waals surface area contributed by atoms with Crippen molar-refractivity contribution in [2.75, 3.05) is 10.8 Å². The number of nitrogens with one attached hydrogen (secondary N) is 1. The lowest BCUT2D eigenvalue weighted by molar-refractivity contribution is -0.384. The Bertz CT molecular complexity index is 1410. The number of halogens is 1. The van der Waals surface area contributed by atoms with Gasteiger partial charge in [0.2, 0.25) is 0 Å². The number of sulfonamides is 1. The number of nitro benzene ring substituents is 1. The lowest BCUT2D eigenvalue weighted by Gasteiger charge is -2.25. The molecule has 0 saturated carbocycles. The Labute approximate surface area is 208 Å². The van der Waals surface area contributed by atoms with E-state index in [4.69, 9.17) is 11.6 Å². The first kappa shape index (κ1) is 25.9. The highest BCUT2D eigenvalue weighted by Crippen LogP contribution is 2.29. The van der Waals surface area contributed by atoms with Crippen molar-refractivity contribution in [3.8, 4) is 0 Å². The number of anilines is 1. The maximum absolute atomic E-state index is 13.5. The van der Waals surface area contributed by atoms with E-state index >= 15 is 0 Å². The molecule has 3 rings (SSSR count). The Balaban J connectivity index is 1.92. The molecule has 0 unspecified atom stereocenters. The third-order valence-corrected chi connectivity index (χ3v) is 7.17. The van der Waals surface area contributed by atoms with E-state index in [-0.39, 0.29) is 16.3 Å². The molecule has 0 heterocycles. The van der Waals surface area contributed by atoms with Crippen LogP contribution in [0.4, 0.5) is 11.4 Å². The largest absolute Gasteiger partial charge is 0.271 e. The highest BCUT2D eigenvalue weighted by Gasteiger charge is 2.28. The molecule has 35 heavy (non-hydrogen) atoms. The molecule has 11 heteroatoms. The van der Waals surface area contributed by atoms with Crippen LogP contribution in [0.3, 0.4) is 0 Å². The predicted molar refractivity (Wildman–Crippen MR) is 135 cm³/mol. The zero-order valence-corrected chi connectivity index (χ0v) is 20.8. The zero-order chi connectivity index (χ0) is 25.8. The van der Waals surface area contributed by atoms with Crippen molar-refractivity contribution >= 4 is 44.6 Å². The quantitative estimate of drug-likeness (QED) is 0.267. The fourth-order valence-corrected chi connectivity index (χ4v) is 4.85. The van der Waals surface area contributed by atoms with E-state index in [0.717, 1.165) is 9.87 Å². The number of non-ortho nitro benzene ring substituents is 1. The van der Waals surface area contributed by atoms with Crippen molar-refractivity contribution in [2.24, 2.45) is 5.10 Å². The van der Waals surface area contributed by atoms with Crippen LogP contribution in [-0.2, 0) is 14.8 Å². The summed E-state index contributed by atoms with van der Waals surface area (Å²) in [6.07, 6.45) is 0. The summed E-state index contributed by atoms with van der Waals surface area (Å²) in [7, 11) is -4.12. The lowest BCUT2D eigenvalue weighted by atomic mass is 10.1. The molecule has 0 radical (unpaired) electrons. The Morgan fingerprint density at radius 2 is 1.77 bits per heavy atom. The van der Waals surface area contributed by atoms with Crippen molar-refractivity contribution in [2.45, 2.75) is 25.7 Å². The van der Waals surface area contributed by atoms with Gasteiger partial charge in [0.1, 0.15) is 6.54 Å². The molecule has 0 saturated heterocycles. The number of hydrogen-bond donors (Lipinski definition) is 1. The van der Waals surface area contributed by atoms with E-state index < -0.39 is 27.4 Å². The molecule has 0 aliphatic carbocycles. The van der Waals surface area contributed by atoms with Gasteiger partial charge in [-0.15, -0.1) is 0 Å². The molecule has 1 N–H and O–H groups in total. The number of hydrogen-bond acceptors (Lipinski definition) is 6. The van der Waals surface area contributed by atoms with E-state index in [1.54, 1.807) is 44.2 Å². The number of carbonyl (C=O) groups excluding carboxylic acids is 1. The Kier molecular flexibility index (Phi) is 7.88. The van der Waals surface area contributed by atoms with Gasteiger partial charge in [-0.2, -0.15) is 5.10 Å². The van der Waals surface area contributed by atoms with Gasteiger partial charge in [0.05, 0.1) is 21.2 Å². The number of hydrazone groups is 1. The summed E-state index contributed by atoms with van der Waals surface area (Å²) >= 11 is 6.13. The minimum absolute atomic E-state index is 0.0200. The summed E-state index contributed by atoms with van der Waals surface area (Å²) in [5.74, 6) is -0.704. The molecular formula is C24H23ClN4O5S. The van der Waals surface area contributed by atoms with Gasteiger partial charge in [0.15, 0.2) is 0 Å². The Morgan fingerprint density at radius 3 is 2.43 bits per heavy atom. The first-order chi connectivity index (χ1) is 16.5. The minimum Gasteiger partial charge on any atom is -0.271 e. The van der Waals surface area contributed by atoms with Crippen molar-refractivity contribution in [3.05, 3.63) is 98.6 Å². The minimum atomic E-state index is -4.12. The zero-order valence-electron chi connectivity index (χ0n) is 19.2. The molecule has 0 aliphatic rings. The second-order valence-corrected chi connectivity index (χ2v) is 10.1. The van der Waals surface area contributed by atoms with Crippen LogP contribution < -0.4 is 9.73 Å². The van der Waals surface area contributed by atoms with Crippen LogP contribution in [0.5, 0.6) is 0 Å². The van der Waals surface area contributed by atoms with Crippen LogP contribution >= 0.6 is 11.6 Å². The molecule has 0 atom stereocenters. The molecule has 0 bridgehead atoms. The van der Waals surface area contributed by atoms with Crippen LogP contribution in [0.15, 0.2) is 76.7 Å². The van der Waals surface area contributed by atoms with E-state index in [0.29, 0.717) is 21.9 Å².